The Morgan fingerprint density at radius 1 is 1.23 bits per heavy atom. The zero-order chi connectivity index (χ0) is 28.3. The maximum Gasteiger partial charge on any atom is 0.242 e. The Bertz CT molecular complexity index is 1290. The number of aliphatic hydroxyl groups is 1. The number of carbonyl (C=O) groups is 2. The molecule has 0 bridgehead atoms. The Labute approximate surface area is 229 Å². The van der Waals surface area contributed by atoms with Gasteiger partial charge in [0.2, 0.25) is 21.8 Å². The van der Waals surface area contributed by atoms with E-state index < -0.39 is 22.2 Å². The fourth-order valence-electron chi connectivity index (χ4n) is 4.59. The highest BCUT2D eigenvalue weighted by Crippen LogP contribution is 2.33. The van der Waals surface area contributed by atoms with Crippen LogP contribution in [0.15, 0.2) is 47.4 Å². The summed E-state index contributed by atoms with van der Waals surface area (Å²) < 4.78 is 39.5. The highest BCUT2D eigenvalue weighted by Gasteiger charge is 2.34. The fourth-order valence-corrected chi connectivity index (χ4v) is 5.78. The number of anilines is 1. The molecule has 10 nitrogen and oxygen atoms in total. The molecule has 0 saturated heterocycles. The second kappa shape index (κ2) is 11.9. The van der Waals surface area contributed by atoms with Crippen LogP contribution in [0.4, 0.5) is 5.69 Å². The van der Waals surface area contributed by atoms with Crippen LogP contribution in [0.3, 0.4) is 0 Å². The molecule has 1 fully saturated rings. The van der Waals surface area contributed by atoms with Crippen LogP contribution in [0.5, 0.6) is 11.5 Å². The van der Waals surface area contributed by atoms with Gasteiger partial charge in [-0.2, -0.15) is 4.31 Å². The molecule has 2 aliphatic rings. The molecule has 0 aromatic heterocycles. The minimum atomic E-state index is -3.83. The summed E-state index contributed by atoms with van der Waals surface area (Å²) in [7, 11) is -0.820. The zero-order valence-corrected chi connectivity index (χ0v) is 23.6. The lowest BCUT2D eigenvalue weighted by atomic mass is 10.0. The average molecular weight is 560 g/mol. The van der Waals surface area contributed by atoms with Crippen molar-refractivity contribution in [3.05, 3.63) is 48.0 Å². The molecule has 212 valence electrons. The topological polar surface area (TPSA) is 125 Å². The molecule has 2 aromatic rings. The van der Waals surface area contributed by atoms with Crippen LogP contribution in [-0.4, -0.2) is 80.5 Å². The second-order valence-electron chi connectivity index (χ2n) is 10.4. The van der Waals surface area contributed by atoms with Crippen molar-refractivity contribution >= 4 is 27.5 Å². The van der Waals surface area contributed by atoms with Gasteiger partial charge in [-0.05, 0) is 62.2 Å². The van der Waals surface area contributed by atoms with Gasteiger partial charge >= 0.3 is 0 Å². The Morgan fingerprint density at radius 2 is 1.92 bits per heavy atom. The smallest absolute Gasteiger partial charge is 0.242 e. The first kappa shape index (κ1) is 28.8. The Morgan fingerprint density at radius 3 is 2.54 bits per heavy atom. The minimum Gasteiger partial charge on any atom is -0.497 e. The lowest BCUT2D eigenvalue weighted by Gasteiger charge is -2.33. The summed E-state index contributed by atoms with van der Waals surface area (Å²) in [6.07, 6.45) is 1.16. The van der Waals surface area contributed by atoms with Crippen LogP contribution in [0.25, 0.3) is 0 Å². The number of hydrogen-bond acceptors (Lipinski definition) is 7. The third-order valence-electron chi connectivity index (χ3n) is 7.34. The Kier molecular flexibility index (Phi) is 8.83. The van der Waals surface area contributed by atoms with Gasteiger partial charge in [0.05, 0.1) is 37.6 Å². The summed E-state index contributed by atoms with van der Waals surface area (Å²) in [5.74, 6) is 0.547. The molecule has 1 aliphatic carbocycles. The number of methoxy groups -OCH3 is 1. The fraction of sp³-hybridized carbons (Fsp3) is 0.500. The highest BCUT2D eigenvalue weighted by atomic mass is 32.2. The maximum absolute atomic E-state index is 13.4. The molecule has 0 radical (unpaired) electrons. The number of nitrogens with zero attached hydrogens (tertiary/aromatic N) is 2. The van der Waals surface area contributed by atoms with E-state index in [4.69, 9.17) is 9.47 Å². The van der Waals surface area contributed by atoms with Crippen molar-refractivity contribution in [2.75, 3.05) is 39.2 Å². The molecule has 1 aliphatic heterocycles. The Hall–Kier alpha value is -3.15. The predicted octanol–water partition coefficient (Wildman–Crippen LogP) is 2.51. The van der Waals surface area contributed by atoms with E-state index in [2.05, 4.69) is 5.32 Å². The largest absolute Gasteiger partial charge is 0.497 e. The number of carbonyl (C=O) groups excluding carboxylic acids is 2. The van der Waals surface area contributed by atoms with Crippen LogP contribution in [0.1, 0.15) is 32.3 Å². The number of likely N-dealkylation sites (N-methyl/N-ethyl adjacent to an activating group) is 1. The van der Waals surface area contributed by atoms with Gasteiger partial charge in [0.15, 0.2) is 0 Å². The number of hydrogen-bond donors (Lipinski definition) is 2. The van der Waals surface area contributed by atoms with Crippen molar-refractivity contribution in [1.29, 1.82) is 0 Å². The quantitative estimate of drug-likeness (QED) is 0.484. The lowest BCUT2D eigenvalue weighted by molar-refractivity contribution is -0.134. The lowest BCUT2D eigenvalue weighted by Crippen LogP contribution is -2.48. The van der Waals surface area contributed by atoms with Gasteiger partial charge in [-0.3, -0.25) is 9.59 Å². The van der Waals surface area contributed by atoms with Crippen molar-refractivity contribution in [1.82, 2.24) is 9.21 Å². The SMILES string of the molecule is COc1ccc(S(=O)(=O)N(C)C[C@@H]2Oc3ccc(NC(=O)C4CC4)cc3CC(=O)N([C@@H](C)CO)C[C@H]2C)cc1. The number of rotatable bonds is 9. The molecule has 39 heavy (non-hydrogen) atoms. The summed E-state index contributed by atoms with van der Waals surface area (Å²) in [6.45, 7) is 3.77. The second-order valence-corrected chi connectivity index (χ2v) is 12.5. The molecular formula is C28H37N3O7S. The van der Waals surface area contributed by atoms with Crippen molar-refractivity contribution < 1.29 is 32.6 Å². The van der Waals surface area contributed by atoms with E-state index in [1.54, 1.807) is 42.2 Å². The predicted molar refractivity (Wildman–Crippen MR) is 146 cm³/mol. The third-order valence-corrected chi connectivity index (χ3v) is 9.17. The summed E-state index contributed by atoms with van der Waals surface area (Å²) in [5.41, 5.74) is 1.16. The maximum atomic E-state index is 13.4. The van der Waals surface area contributed by atoms with E-state index in [9.17, 15) is 23.1 Å². The number of fused-ring (bicyclic) bond motifs is 1. The van der Waals surface area contributed by atoms with Gasteiger partial charge in [-0.15, -0.1) is 0 Å². The van der Waals surface area contributed by atoms with E-state index in [-0.39, 0.29) is 54.7 Å². The van der Waals surface area contributed by atoms with E-state index >= 15 is 0 Å². The normalized spacial score (nSPS) is 20.8. The molecule has 0 spiro atoms. The standard InChI is InChI=1S/C28H37N3O7S/c1-18-15-31(19(2)17-32)27(33)14-21-13-22(29-28(34)20-5-6-20)7-12-25(21)38-26(18)16-30(3)39(35,36)24-10-8-23(37-4)9-11-24/h7-13,18-20,26,32H,5-6,14-17H2,1-4H3,(H,29,34)/t18-,19+,26+/m1/s1. The van der Waals surface area contributed by atoms with E-state index in [0.717, 1.165) is 12.8 Å². The van der Waals surface area contributed by atoms with Crippen LogP contribution in [0, 0.1) is 11.8 Å². The number of benzene rings is 2. The summed E-state index contributed by atoms with van der Waals surface area (Å²) >= 11 is 0. The van der Waals surface area contributed by atoms with Gasteiger partial charge < -0.3 is 24.8 Å². The van der Waals surface area contributed by atoms with Crippen LogP contribution in [0.2, 0.25) is 0 Å². The molecule has 2 amide bonds. The number of aliphatic hydroxyl groups excluding tert-OH is 1. The number of sulfonamides is 1. The van der Waals surface area contributed by atoms with Gasteiger partial charge in [0, 0.05) is 36.7 Å². The average Bonchev–Trinajstić information content (AvgIpc) is 3.77. The molecule has 2 aromatic carbocycles. The summed E-state index contributed by atoms with van der Waals surface area (Å²) in [6, 6.07) is 10.9. The molecule has 1 heterocycles. The van der Waals surface area contributed by atoms with Crippen molar-refractivity contribution in [3.8, 4) is 11.5 Å². The Balaban J connectivity index is 1.63. The van der Waals surface area contributed by atoms with E-state index in [1.807, 2.05) is 6.92 Å². The monoisotopic (exact) mass is 559 g/mol. The molecule has 4 rings (SSSR count). The first-order valence-corrected chi connectivity index (χ1v) is 14.6. The molecule has 1 saturated carbocycles. The zero-order valence-electron chi connectivity index (χ0n) is 22.8. The number of ether oxygens (including phenoxy) is 2. The van der Waals surface area contributed by atoms with Gasteiger partial charge in [0.25, 0.3) is 0 Å². The summed E-state index contributed by atoms with van der Waals surface area (Å²) in [4.78, 5) is 27.4. The molecule has 11 heteroatoms. The number of nitrogens with one attached hydrogen (secondary N) is 1. The molecule has 3 atom stereocenters. The van der Waals surface area contributed by atoms with Crippen molar-refractivity contribution in [3.63, 3.8) is 0 Å². The minimum absolute atomic E-state index is 0.0201. The molecule has 2 N–H and O–H groups in total. The number of amides is 2. The van der Waals surface area contributed by atoms with Gasteiger partial charge in [0.1, 0.15) is 17.6 Å². The first-order chi connectivity index (χ1) is 18.5. The third kappa shape index (κ3) is 6.71. The highest BCUT2D eigenvalue weighted by molar-refractivity contribution is 7.89. The van der Waals surface area contributed by atoms with Crippen LogP contribution >= 0.6 is 0 Å². The van der Waals surface area contributed by atoms with E-state index in [0.29, 0.717) is 22.7 Å². The molecular weight excluding hydrogens is 522 g/mol. The molecule has 0 unspecified atom stereocenters. The van der Waals surface area contributed by atoms with Crippen molar-refractivity contribution in [2.45, 2.75) is 50.2 Å². The first-order valence-electron chi connectivity index (χ1n) is 13.1. The van der Waals surface area contributed by atoms with Crippen LogP contribution in [-0.2, 0) is 26.0 Å². The van der Waals surface area contributed by atoms with Gasteiger partial charge in [-0.25, -0.2) is 8.42 Å². The van der Waals surface area contributed by atoms with Crippen molar-refractivity contribution in [2.24, 2.45) is 11.8 Å². The van der Waals surface area contributed by atoms with E-state index in [1.165, 1.54) is 30.6 Å². The summed E-state index contributed by atoms with van der Waals surface area (Å²) in [5, 5.41) is 12.7. The van der Waals surface area contributed by atoms with Gasteiger partial charge in [-0.1, -0.05) is 6.92 Å². The van der Waals surface area contributed by atoms with Crippen LogP contribution < -0.4 is 14.8 Å².